The summed E-state index contributed by atoms with van der Waals surface area (Å²) < 4.78 is 43.3. The summed E-state index contributed by atoms with van der Waals surface area (Å²) in [6, 6.07) is 12.0. The van der Waals surface area contributed by atoms with Gasteiger partial charge in [-0.1, -0.05) is 19.4 Å². The third kappa shape index (κ3) is 8.51. The molecule has 0 atom stereocenters. The maximum Gasteiger partial charge on any atom is 0.322 e. The Morgan fingerprint density at radius 1 is 1.14 bits per heavy atom. The molecule has 0 radical (unpaired) electrons. The van der Waals surface area contributed by atoms with E-state index in [4.69, 9.17) is 10.5 Å². The number of ether oxygens (including phenoxy) is 1. The Balaban J connectivity index is 1.32. The molecule has 2 aromatic carbocycles. The van der Waals surface area contributed by atoms with E-state index in [2.05, 4.69) is 22.1 Å². The number of sulfone groups is 1. The molecule has 3 amide bonds. The number of nitrogens with one attached hydrogen (secondary N) is 1. The van der Waals surface area contributed by atoms with E-state index < -0.39 is 21.6 Å². The highest BCUT2D eigenvalue weighted by atomic mass is 32.2. The number of primary amides is 1. The molecule has 0 aliphatic carbocycles. The number of amides is 3. The van der Waals surface area contributed by atoms with Crippen LogP contribution in [-0.2, 0) is 16.4 Å². The van der Waals surface area contributed by atoms with Gasteiger partial charge in [0.25, 0.3) is 5.91 Å². The van der Waals surface area contributed by atoms with Gasteiger partial charge in [0, 0.05) is 56.4 Å². The van der Waals surface area contributed by atoms with Gasteiger partial charge >= 0.3 is 6.03 Å². The van der Waals surface area contributed by atoms with Crippen LogP contribution < -0.4 is 15.8 Å². The number of halogens is 1. The highest BCUT2D eigenvalue weighted by molar-refractivity contribution is 7.90. The Kier molecular flexibility index (Phi) is 10.4. The van der Waals surface area contributed by atoms with Crippen LogP contribution in [0.5, 0.6) is 11.6 Å². The number of benzene rings is 2. The molecular formula is C31H38FN5O5S. The van der Waals surface area contributed by atoms with Crippen LogP contribution in [0.25, 0.3) is 0 Å². The second-order valence-corrected chi connectivity index (χ2v) is 12.9. The highest BCUT2D eigenvalue weighted by Gasteiger charge is 2.28. The minimum Gasteiger partial charge on any atom is -0.439 e. The molecule has 2 heterocycles. The van der Waals surface area contributed by atoms with Crippen molar-refractivity contribution in [2.75, 3.05) is 31.2 Å². The number of carbonyl (C=O) groups excluding carboxylic acids is 2. The van der Waals surface area contributed by atoms with E-state index in [1.165, 1.54) is 24.5 Å². The summed E-state index contributed by atoms with van der Waals surface area (Å²) in [5, 5.41) is 2.81. The number of urea groups is 1. The van der Waals surface area contributed by atoms with Crippen LogP contribution in [0, 0.1) is 12.7 Å². The number of aromatic nitrogens is 1. The minimum atomic E-state index is -3.29. The summed E-state index contributed by atoms with van der Waals surface area (Å²) in [5.74, 6) is -0.662. The number of anilines is 1. The van der Waals surface area contributed by atoms with E-state index in [-0.39, 0.29) is 22.5 Å². The molecule has 1 aliphatic heterocycles. The molecule has 10 nitrogen and oxygen atoms in total. The molecule has 0 saturated carbocycles. The standard InChI is InChI=1S/C31H38FN5O5S/c1-4-5-14-37(31(39)35-23-7-9-27(32)26(18-23)30(33)38)24-12-15-36(16-13-24)20-22-6-11-29(34-19-22)42-28-10-8-25(17-21(28)2)43(3,40)41/h6-11,17-19,24H,4-5,12-16,20H2,1-3H3,(H2,33,38)(H,35,39). The monoisotopic (exact) mass is 611 g/mol. The third-order valence-electron chi connectivity index (χ3n) is 7.49. The summed E-state index contributed by atoms with van der Waals surface area (Å²) in [7, 11) is -3.29. The van der Waals surface area contributed by atoms with Crippen molar-refractivity contribution < 1.29 is 27.1 Å². The SMILES string of the molecule is CCCCN(C(=O)Nc1ccc(F)c(C(N)=O)c1)C1CCN(Cc2ccc(Oc3ccc(S(C)(=O)=O)cc3C)nc2)CC1. The number of nitrogens with two attached hydrogens (primary N) is 1. The zero-order valence-electron chi connectivity index (χ0n) is 24.7. The topological polar surface area (TPSA) is 135 Å². The van der Waals surface area contributed by atoms with Gasteiger partial charge in [-0.15, -0.1) is 0 Å². The molecular weight excluding hydrogens is 573 g/mol. The fourth-order valence-electron chi connectivity index (χ4n) is 5.06. The summed E-state index contributed by atoms with van der Waals surface area (Å²) in [6.07, 6.45) is 6.32. The van der Waals surface area contributed by atoms with Crippen molar-refractivity contribution in [1.29, 1.82) is 0 Å². The number of pyridine rings is 1. The number of hydrogen-bond donors (Lipinski definition) is 2. The summed E-state index contributed by atoms with van der Waals surface area (Å²) in [6.45, 7) is 6.75. The van der Waals surface area contributed by atoms with E-state index in [0.29, 0.717) is 36.0 Å². The number of unbranched alkanes of at least 4 members (excludes halogenated alkanes) is 1. The Labute approximate surface area is 252 Å². The number of rotatable bonds is 11. The number of nitrogens with zero attached hydrogens (tertiary/aromatic N) is 3. The van der Waals surface area contributed by atoms with Gasteiger partial charge in [-0.2, -0.15) is 0 Å². The highest BCUT2D eigenvalue weighted by Crippen LogP contribution is 2.27. The van der Waals surface area contributed by atoms with Crippen LogP contribution in [0.3, 0.4) is 0 Å². The van der Waals surface area contributed by atoms with Gasteiger partial charge in [0.2, 0.25) is 5.88 Å². The lowest BCUT2D eigenvalue weighted by atomic mass is 10.0. The zero-order chi connectivity index (χ0) is 31.1. The molecule has 3 N–H and O–H groups in total. The van der Waals surface area contributed by atoms with E-state index in [9.17, 15) is 22.4 Å². The summed E-state index contributed by atoms with van der Waals surface area (Å²) >= 11 is 0. The second-order valence-electron chi connectivity index (χ2n) is 10.8. The molecule has 12 heteroatoms. The van der Waals surface area contributed by atoms with Gasteiger partial charge in [0.05, 0.1) is 10.5 Å². The number of hydrogen-bond acceptors (Lipinski definition) is 7. The third-order valence-corrected chi connectivity index (χ3v) is 8.60. The number of piperidine rings is 1. The molecule has 3 aromatic rings. The lowest BCUT2D eigenvalue weighted by molar-refractivity contribution is 0.0996. The van der Waals surface area contributed by atoms with Gasteiger partial charge < -0.3 is 20.7 Å². The van der Waals surface area contributed by atoms with Gasteiger partial charge in [-0.3, -0.25) is 9.69 Å². The number of aryl methyl sites for hydroxylation is 1. The first-order chi connectivity index (χ1) is 20.4. The van der Waals surface area contributed by atoms with Crippen LogP contribution in [0.15, 0.2) is 59.6 Å². The smallest absolute Gasteiger partial charge is 0.322 e. The van der Waals surface area contributed by atoms with Crippen LogP contribution in [-0.4, -0.2) is 67.1 Å². The van der Waals surface area contributed by atoms with Crippen LogP contribution in [0.4, 0.5) is 14.9 Å². The molecule has 1 aromatic heterocycles. The van der Waals surface area contributed by atoms with Crippen LogP contribution in [0.2, 0.25) is 0 Å². The Morgan fingerprint density at radius 3 is 2.49 bits per heavy atom. The maximum atomic E-state index is 13.9. The molecule has 230 valence electrons. The summed E-state index contributed by atoms with van der Waals surface area (Å²) in [4.78, 5) is 33.6. The summed E-state index contributed by atoms with van der Waals surface area (Å²) in [5.41, 5.74) is 7.03. The Bertz CT molecular complexity index is 1560. The van der Waals surface area contributed by atoms with Crippen molar-refractivity contribution >= 4 is 27.5 Å². The van der Waals surface area contributed by atoms with E-state index in [1.807, 2.05) is 11.0 Å². The lowest BCUT2D eigenvalue weighted by Crippen LogP contribution is -2.49. The largest absolute Gasteiger partial charge is 0.439 e. The average Bonchev–Trinajstić information content (AvgIpc) is 2.96. The number of likely N-dealkylation sites (tertiary alicyclic amines) is 1. The Hall–Kier alpha value is -4.03. The van der Waals surface area contributed by atoms with Crippen LogP contribution >= 0.6 is 0 Å². The average molecular weight is 612 g/mol. The Morgan fingerprint density at radius 2 is 1.88 bits per heavy atom. The van der Waals surface area contributed by atoms with Crippen molar-refractivity contribution in [3.05, 3.63) is 77.2 Å². The van der Waals surface area contributed by atoms with E-state index >= 15 is 0 Å². The normalized spacial score (nSPS) is 14.3. The van der Waals surface area contributed by atoms with Crippen LogP contribution in [0.1, 0.15) is 54.1 Å². The molecule has 43 heavy (non-hydrogen) atoms. The number of carbonyl (C=O) groups is 2. The molecule has 0 bridgehead atoms. The van der Waals surface area contributed by atoms with Crippen molar-refractivity contribution in [1.82, 2.24) is 14.8 Å². The minimum absolute atomic E-state index is 0.0464. The fraction of sp³-hybridized carbons (Fsp3) is 0.387. The first-order valence-corrected chi connectivity index (χ1v) is 16.2. The fourth-order valence-corrected chi connectivity index (χ4v) is 5.76. The van der Waals surface area contributed by atoms with Crippen molar-refractivity contribution in [3.63, 3.8) is 0 Å². The van der Waals surface area contributed by atoms with Crippen molar-refractivity contribution in [2.24, 2.45) is 5.73 Å². The maximum absolute atomic E-state index is 13.9. The van der Waals surface area contributed by atoms with Gasteiger partial charge in [0.1, 0.15) is 11.6 Å². The first-order valence-electron chi connectivity index (χ1n) is 14.3. The predicted molar refractivity (Wildman–Crippen MR) is 162 cm³/mol. The molecule has 0 spiro atoms. The predicted octanol–water partition coefficient (Wildman–Crippen LogP) is 5.12. The van der Waals surface area contributed by atoms with Gasteiger partial charge in [0.15, 0.2) is 9.84 Å². The molecule has 1 fully saturated rings. The second kappa shape index (κ2) is 14.0. The van der Waals surface area contributed by atoms with Gasteiger partial charge in [-0.05, 0) is 73.7 Å². The molecule has 4 rings (SSSR count). The van der Waals surface area contributed by atoms with Gasteiger partial charge in [-0.25, -0.2) is 22.6 Å². The molecule has 1 aliphatic rings. The van der Waals surface area contributed by atoms with E-state index in [1.54, 1.807) is 31.3 Å². The van der Waals surface area contributed by atoms with Crippen molar-refractivity contribution in [2.45, 2.75) is 57.0 Å². The molecule has 0 unspecified atom stereocenters. The first kappa shape index (κ1) is 31.9. The van der Waals surface area contributed by atoms with E-state index in [0.717, 1.165) is 50.4 Å². The zero-order valence-corrected chi connectivity index (χ0v) is 25.5. The molecule has 1 saturated heterocycles. The lowest BCUT2D eigenvalue weighted by Gasteiger charge is -2.38. The quantitative estimate of drug-likeness (QED) is 0.307. The van der Waals surface area contributed by atoms with Crippen molar-refractivity contribution in [3.8, 4) is 11.6 Å².